The van der Waals surface area contributed by atoms with Gasteiger partial charge >= 0.3 is 0 Å². The van der Waals surface area contributed by atoms with Crippen LogP contribution in [0.4, 0.5) is 0 Å². The lowest BCUT2D eigenvalue weighted by Gasteiger charge is -2.11. The van der Waals surface area contributed by atoms with Gasteiger partial charge in [0, 0.05) is 9.75 Å². The summed E-state index contributed by atoms with van der Waals surface area (Å²) in [7, 11) is 0. The molecule has 0 aromatic carbocycles. The molecule has 1 unspecified atom stereocenters. The van der Waals surface area contributed by atoms with Gasteiger partial charge in [0.25, 0.3) is 0 Å². The number of nitrogens with one attached hydrogen (secondary N) is 1. The fourth-order valence-electron chi connectivity index (χ4n) is 1.39. The van der Waals surface area contributed by atoms with Crippen LogP contribution in [-0.4, -0.2) is 0 Å². The van der Waals surface area contributed by atoms with Gasteiger partial charge in [0.05, 0.1) is 9.83 Å². The third-order valence-corrected chi connectivity index (χ3v) is 5.29. The van der Waals surface area contributed by atoms with E-state index in [0.717, 1.165) is 0 Å². The van der Waals surface area contributed by atoms with E-state index in [0.29, 0.717) is 0 Å². The van der Waals surface area contributed by atoms with Crippen molar-refractivity contribution in [2.24, 2.45) is 5.84 Å². The molecule has 15 heavy (non-hydrogen) atoms. The monoisotopic (exact) mass is 302 g/mol. The lowest BCUT2D eigenvalue weighted by Crippen LogP contribution is -2.27. The highest BCUT2D eigenvalue weighted by Crippen LogP contribution is 2.35. The van der Waals surface area contributed by atoms with Crippen molar-refractivity contribution in [3.05, 3.63) is 42.7 Å². The number of nitrogens with two attached hydrogens (primary N) is 1. The number of halogens is 1. The Hall–Kier alpha value is -0.200. The first-order valence-corrected chi connectivity index (χ1v) is 6.96. The van der Waals surface area contributed by atoms with E-state index in [1.807, 2.05) is 6.07 Å². The number of hydrogen-bond donors (Lipinski definition) is 2. The summed E-state index contributed by atoms with van der Waals surface area (Å²) in [6.07, 6.45) is 0. The van der Waals surface area contributed by atoms with Gasteiger partial charge < -0.3 is 0 Å². The van der Waals surface area contributed by atoms with Crippen molar-refractivity contribution in [1.82, 2.24) is 5.43 Å². The maximum atomic E-state index is 5.60. The molecule has 0 bridgehead atoms. The van der Waals surface area contributed by atoms with E-state index in [1.54, 1.807) is 22.7 Å². The van der Waals surface area contributed by atoms with Gasteiger partial charge in [-0.25, -0.2) is 5.43 Å². The third kappa shape index (κ3) is 2.32. The zero-order valence-electron chi connectivity index (χ0n) is 8.16. The van der Waals surface area contributed by atoms with Gasteiger partial charge in [0.2, 0.25) is 0 Å². The van der Waals surface area contributed by atoms with Crippen molar-refractivity contribution in [2.45, 2.75) is 13.0 Å². The Kier molecular flexibility index (Phi) is 3.58. The number of aryl methyl sites for hydroxylation is 1. The molecule has 2 rings (SSSR count). The molecule has 5 heteroatoms. The van der Waals surface area contributed by atoms with Gasteiger partial charge in [-0.05, 0) is 45.9 Å². The highest BCUT2D eigenvalue weighted by molar-refractivity contribution is 9.11. The van der Waals surface area contributed by atoms with E-state index in [2.05, 4.69) is 45.8 Å². The second-order valence-electron chi connectivity index (χ2n) is 3.22. The predicted molar refractivity (Wildman–Crippen MR) is 70.2 cm³/mol. The highest BCUT2D eigenvalue weighted by Gasteiger charge is 2.16. The molecule has 0 aliphatic carbocycles. The van der Waals surface area contributed by atoms with Gasteiger partial charge in [-0.3, -0.25) is 5.84 Å². The van der Waals surface area contributed by atoms with Crippen LogP contribution in [0, 0.1) is 6.92 Å². The molecule has 0 aliphatic heterocycles. The molecule has 0 radical (unpaired) electrons. The second kappa shape index (κ2) is 4.76. The zero-order chi connectivity index (χ0) is 10.8. The average molecular weight is 303 g/mol. The Morgan fingerprint density at radius 1 is 1.47 bits per heavy atom. The van der Waals surface area contributed by atoms with Gasteiger partial charge in [-0.2, -0.15) is 0 Å². The number of hydrogen-bond acceptors (Lipinski definition) is 4. The van der Waals surface area contributed by atoms with Gasteiger partial charge in [0.1, 0.15) is 0 Å². The van der Waals surface area contributed by atoms with Crippen molar-refractivity contribution in [2.75, 3.05) is 0 Å². The molecular formula is C10H11BrN2S2. The summed E-state index contributed by atoms with van der Waals surface area (Å²) in [5, 5.41) is 2.06. The largest absolute Gasteiger partial charge is 0.271 e. The van der Waals surface area contributed by atoms with Crippen molar-refractivity contribution >= 4 is 38.6 Å². The molecule has 0 saturated heterocycles. The lowest BCUT2D eigenvalue weighted by atomic mass is 10.2. The van der Waals surface area contributed by atoms with Gasteiger partial charge in [-0.15, -0.1) is 22.7 Å². The standard InChI is InChI=1S/C10H11BrN2S2/c1-6-5-8(15-10(6)11)9(13-12)7-3-2-4-14-7/h2-5,9,13H,12H2,1H3. The molecule has 80 valence electrons. The molecule has 2 nitrogen and oxygen atoms in total. The minimum atomic E-state index is 0.111. The van der Waals surface area contributed by atoms with Crippen molar-refractivity contribution < 1.29 is 0 Å². The van der Waals surface area contributed by atoms with Crippen LogP contribution in [0.25, 0.3) is 0 Å². The fourth-order valence-corrected chi connectivity index (χ4v) is 3.91. The Balaban J connectivity index is 2.35. The number of thiophene rings is 2. The van der Waals surface area contributed by atoms with Crippen LogP contribution in [0.1, 0.15) is 21.4 Å². The Bertz CT molecular complexity index is 417. The predicted octanol–water partition coefficient (Wildman–Crippen LogP) is 3.43. The summed E-state index contributed by atoms with van der Waals surface area (Å²) in [6, 6.07) is 6.41. The third-order valence-electron chi connectivity index (χ3n) is 2.16. The molecule has 0 aliphatic rings. The molecule has 2 heterocycles. The zero-order valence-corrected chi connectivity index (χ0v) is 11.4. The van der Waals surface area contributed by atoms with E-state index < -0.39 is 0 Å². The van der Waals surface area contributed by atoms with Crippen LogP contribution < -0.4 is 11.3 Å². The highest BCUT2D eigenvalue weighted by atomic mass is 79.9. The summed E-state index contributed by atoms with van der Waals surface area (Å²) in [5.41, 5.74) is 4.12. The van der Waals surface area contributed by atoms with E-state index in [4.69, 9.17) is 5.84 Å². The average Bonchev–Trinajstić information content (AvgIpc) is 2.80. The molecule has 0 fully saturated rings. The quantitative estimate of drug-likeness (QED) is 0.673. The maximum absolute atomic E-state index is 5.60. The topological polar surface area (TPSA) is 38.0 Å². The summed E-state index contributed by atoms with van der Waals surface area (Å²) in [6.45, 7) is 2.09. The lowest BCUT2D eigenvalue weighted by molar-refractivity contribution is 0.656. The molecule has 2 aromatic heterocycles. The molecule has 0 spiro atoms. The van der Waals surface area contributed by atoms with Crippen molar-refractivity contribution in [3.8, 4) is 0 Å². The molecule has 2 aromatic rings. The number of hydrazine groups is 1. The molecular weight excluding hydrogens is 292 g/mol. The minimum Gasteiger partial charge on any atom is -0.271 e. The van der Waals surface area contributed by atoms with Crippen LogP contribution in [0.3, 0.4) is 0 Å². The van der Waals surface area contributed by atoms with Crippen molar-refractivity contribution in [1.29, 1.82) is 0 Å². The smallest absolute Gasteiger partial charge is 0.0894 e. The van der Waals surface area contributed by atoms with Crippen LogP contribution >= 0.6 is 38.6 Å². The van der Waals surface area contributed by atoms with Gasteiger partial charge in [-0.1, -0.05) is 6.07 Å². The Labute approximate surface area is 105 Å². The Morgan fingerprint density at radius 3 is 2.73 bits per heavy atom. The minimum absolute atomic E-state index is 0.111. The maximum Gasteiger partial charge on any atom is 0.0894 e. The van der Waals surface area contributed by atoms with Crippen LogP contribution in [0.15, 0.2) is 27.4 Å². The fraction of sp³-hybridized carbons (Fsp3) is 0.200. The van der Waals surface area contributed by atoms with Crippen LogP contribution in [0.2, 0.25) is 0 Å². The second-order valence-corrected chi connectivity index (χ2v) is 6.60. The SMILES string of the molecule is Cc1cc(C(NN)c2cccs2)sc1Br. The summed E-state index contributed by atoms with van der Waals surface area (Å²) < 4.78 is 1.18. The molecule has 1 atom stereocenters. The van der Waals surface area contributed by atoms with Gasteiger partial charge in [0.15, 0.2) is 0 Å². The molecule has 0 amide bonds. The normalized spacial score (nSPS) is 13.0. The summed E-state index contributed by atoms with van der Waals surface area (Å²) in [4.78, 5) is 2.48. The van der Waals surface area contributed by atoms with Crippen molar-refractivity contribution in [3.63, 3.8) is 0 Å². The first-order chi connectivity index (χ1) is 7.22. The van der Waals surface area contributed by atoms with Crippen LogP contribution in [-0.2, 0) is 0 Å². The van der Waals surface area contributed by atoms with E-state index >= 15 is 0 Å². The van der Waals surface area contributed by atoms with E-state index in [9.17, 15) is 0 Å². The summed E-state index contributed by atoms with van der Waals surface area (Å²) in [5.74, 6) is 5.60. The van der Waals surface area contributed by atoms with E-state index in [1.165, 1.54) is 19.1 Å². The van der Waals surface area contributed by atoms with Crippen LogP contribution in [0.5, 0.6) is 0 Å². The Morgan fingerprint density at radius 2 is 2.27 bits per heavy atom. The first kappa shape index (κ1) is 11.3. The first-order valence-electron chi connectivity index (χ1n) is 4.47. The van der Waals surface area contributed by atoms with E-state index in [-0.39, 0.29) is 6.04 Å². The molecule has 0 saturated carbocycles. The summed E-state index contributed by atoms with van der Waals surface area (Å²) >= 11 is 6.97. The number of rotatable bonds is 3. The molecule has 3 N–H and O–H groups in total.